The van der Waals surface area contributed by atoms with Crippen LogP contribution in [0.2, 0.25) is 0 Å². The molecule has 2 rings (SSSR count). The lowest BCUT2D eigenvalue weighted by Gasteiger charge is -2.35. The highest BCUT2D eigenvalue weighted by molar-refractivity contribution is 5.21. The molecule has 0 bridgehead atoms. The highest BCUT2D eigenvalue weighted by Crippen LogP contribution is 2.28. The summed E-state index contributed by atoms with van der Waals surface area (Å²) in [7, 11) is 0. The maximum Gasteiger partial charge on any atom is 0.159 e. The van der Waals surface area contributed by atoms with Crippen molar-refractivity contribution in [2.75, 3.05) is 26.2 Å². The van der Waals surface area contributed by atoms with Crippen molar-refractivity contribution in [2.24, 2.45) is 5.92 Å². The Hall–Kier alpha value is -1.00. The van der Waals surface area contributed by atoms with Crippen LogP contribution in [0.25, 0.3) is 0 Å². The summed E-state index contributed by atoms with van der Waals surface area (Å²) in [5.41, 5.74) is 0.895. The van der Waals surface area contributed by atoms with E-state index in [1.165, 1.54) is 12.1 Å². The van der Waals surface area contributed by atoms with Gasteiger partial charge >= 0.3 is 0 Å². The van der Waals surface area contributed by atoms with Crippen LogP contribution in [0, 0.1) is 17.6 Å². The summed E-state index contributed by atoms with van der Waals surface area (Å²) in [4.78, 5) is 2.38. The first-order valence-corrected chi connectivity index (χ1v) is 7.47. The zero-order chi connectivity index (χ0) is 14.5. The first-order valence-electron chi connectivity index (χ1n) is 7.47. The number of benzene rings is 1. The molecule has 4 heteroatoms. The van der Waals surface area contributed by atoms with Crippen LogP contribution in [0.4, 0.5) is 8.78 Å². The molecule has 20 heavy (non-hydrogen) atoms. The van der Waals surface area contributed by atoms with Crippen LogP contribution in [-0.4, -0.2) is 31.1 Å². The van der Waals surface area contributed by atoms with Crippen LogP contribution < -0.4 is 5.32 Å². The molecule has 0 radical (unpaired) electrons. The number of nitrogens with one attached hydrogen (secondary N) is 1. The Balaban J connectivity index is 2.17. The number of rotatable bonds is 5. The molecular weight excluding hydrogens is 258 g/mol. The van der Waals surface area contributed by atoms with Crippen molar-refractivity contribution >= 4 is 0 Å². The molecule has 1 N–H and O–H groups in total. The molecule has 0 aromatic heterocycles. The summed E-state index contributed by atoms with van der Waals surface area (Å²) >= 11 is 0. The third kappa shape index (κ3) is 4.00. The number of halogens is 2. The van der Waals surface area contributed by atoms with Crippen molar-refractivity contribution < 1.29 is 8.78 Å². The maximum atomic E-state index is 13.5. The van der Waals surface area contributed by atoms with E-state index < -0.39 is 11.6 Å². The highest BCUT2D eigenvalue weighted by atomic mass is 19.2. The van der Waals surface area contributed by atoms with Crippen molar-refractivity contribution in [3.05, 3.63) is 35.4 Å². The Morgan fingerprint density at radius 2 is 1.80 bits per heavy atom. The first kappa shape index (κ1) is 15.4. The number of hydrogen-bond donors (Lipinski definition) is 1. The van der Waals surface area contributed by atoms with Crippen molar-refractivity contribution in [1.82, 2.24) is 10.2 Å². The topological polar surface area (TPSA) is 15.3 Å². The smallest absolute Gasteiger partial charge is 0.159 e. The summed E-state index contributed by atoms with van der Waals surface area (Å²) in [5, 5.41) is 3.33. The molecule has 112 valence electrons. The molecular formula is C16H24F2N2. The average molecular weight is 282 g/mol. The molecule has 1 aromatic carbocycles. The lowest BCUT2D eigenvalue weighted by Crippen LogP contribution is -2.45. The molecule has 2 nitrogen and oxygen atoms in total. The summed E-state index contributed by atoms with van der Waals surface area (Å²) in [6, 6.07) is 4.53. The zero-order valence-electron chi connectivity index (χ0n) is 12.3. The number of nitrogens with zero attached hydrogens (tertiary/aromatic N) is 1. The number of hydrogen-bond acceptors (Lipinski definition) is 2. The van der Waals surface area contributed by atoms with Gasteiger partial charge in [0.25, 0.3) is 0 Å². The van der Waals surface area contributed by atoms with Gasteiger partial charge in [-0.2, -0.15) is 0 Å². The van der Waals surface area contributed by atoms with E-state index in [4.69, 9.17) is 0 Å². The van der Waals surface area contributed by atoms with Gasteiger partial charge in [0.1, 0.15) is 0 Å². The maximum absolute atomic E-state index is 13.5. The largest absolute Gasteiger partial charge is 0.314 e. The van der Waals surface area contributed by atoms with E-state index in [-0.39, 0.29) is 6.04 Å². The van der Waals surface area contributed by atoms with E-state index in [2.05, 4.69) is 24.1 Å². The van der Waals surface area contributed by atoms with Gasteiger partial charge in [-0.3, -0.25) is 4.90 Å². The molecule has 1 aliphatic heterocycles. The molecule has 0 saturated carbocycles. The predicted molar refractivity (Wildman–Crippen MR) is 77.6 cm³/mol. The van der Waals surface area contributed by atoms with E-state index in [1.54, 1.807) is 6.07 Å². The van der Waals surface area contributed by atoms with Gasteiger partial charge in [-0.25, -0.2) is 8.78 Å². The van der Waals surface area contributed by atoms with Crippen LogP contribution in [0.15, 0.2) is 18.2 Å². The van der Waals surface area contributed by atoms with E-state index >= 15 is 0 Å². The second kappa shape index (κ2) is 7.14. The Morgan fingerprint density at radius 3 is 2.40 bits per heavy atom. The normalized spacial score (nSPS) is 18.4. The Morgan fingerprint density at radius 1 is 1.10 bits per heavy atom. The fraction of sp³-hybridized carbons (Fsp3) is 0.625. The molecule has 1 heterocycles. The van der Waals surface area contributed by atoms with Gasteiger partial charge < -0.3 is 5.32 Å². The van der Waals surface area contributed by atoms with Crippen molar-refractivity contribution in [1.29, 1.82) is 0 Å². The zero-order valence-corrected chi connectivity index (χ0v) is 12.3. The molecule has 0 amide bonds. The lowest BCUT2D eigenvalue weighted by atomic mass is 9.95. The van der Waals surface area contributed by atoms with Crippen LogP contribution in [-0.2, 0) is 0 Å². The summed E-state index contributed by atoms with van der Waals surface area (Å²) in [6.07, 6.45) is 2.08. The minimum atomic E-state index is -0.767. The van der Waals surface area contributed by atoms with Crippen LogP contribution >= 0.6 is 0 Å². The van der Waals surface area contributed by atoms with Crippen molar-refractivity contribution in [3.63, 3.8) is 0 Å². The Labute approximate surface area is 120 Å². The van der Waals surface area contributed by atoms with Crippen LogP contribution in [0.3, 0.4) is 0 Å². The van der Waals surface area contributed by atoms with E-state index in [0.29, 0.717) is 5.92 Å². The van der Waals surface area contributed by atoms with Crippen LogP contribution in [0.1, 0.15) is 38.3 Å². The summed E-state index contributed by atoms with van der Waals surface area (Å²) in [5.74, 6) is -0.894. The molecule has 1 saturated heterocycles. The molecule has 1 aliphatic rings. The van der Waals surface area contributed by atoms with Gasteiger partial charge in [-0.05, 0) is 36.5 Å². The molecule has 0 unspecified atom stereocenters. The first-order chi connectivity index (χ1) is 9.58. The van der Waals surface area contributed by atoms with Crippen molar-refractivity contribution in [2.45, 2.75) is 32.7 Å². The standard InChI is InChI=1S/C16H24F2N2/c1-12(2)3-6-16(20-9-7-19-8-10-20)13-4-5-14(17)15(18)11-13/h4-5,11-12,16,19H,3,6-10H2,1-2H3/t16-/m1/s1. The molecule has 1 atom stereocenters. The molecule has 0 aliphatic carbocycles. The van der Waals surface area contributed by atoms with E-state index in [1.807, 2.05) is 0 Å². The molecule has 0 spiro atoms. The van der Waals surface area contributed by atoms with Gasteiger partial charge in [0.15, 0.2) is 11.6 Å². The predicted octanol–water partition coefficient (Wildman–Crippen LogP) is 3.35. The van der Waals surface area contributed by atoms with Crippen molar-refractivity contribution in [3.8, 4) is 0 Å². The van der Waals surface area contributed by atoms with E-state index in [9.17, 15) is 8.78 Å². The Bertz CT molecular complexity index is 428. The fourth-order valence-corrected chi connectivity index (χ4v) is 2.76. The minimum absolute atomic E-state index is 0.189. The third-order valence-electron chi connectivity index (χ3n) is 3.94. The van der Waals surface area contributed by atoms with Crippen LogP contribution in [0.5, 0.6) is 0 Å². The second-order valence-corrected chi connectivity index (χ2v) is 5.95. The minimum Gasteiger partial charge on any atom is -0.314 e. The monoisotopic (exact) mass is 282 g/mol. The summed E-state index contributed by atoms with van der Waals surface area (Å²) in [6.45, 7) is 8.23. The molecule has 1 fully saturated rings. The quantitative estimate of drug-likeness (QED) is 0.891. The van der Waals surface area contributed by atoms with E-state index in [0.717, 1.165) is 44.6 Å². The fourth-order valence-electron chi connectivity index (χ4n) is 2.76. The number of piperazine rings is 1. The second-order valence-electron chi connectivity index (χ2n) is 5.95. The average Bonchev–Trinajstić information content (AvgIpc) is 2.44. The van der Waals surface area contributed by atoms with Gasteiger partial charge in [-0.1, -0.05) is 19.9 Å². The molecule has 1 aromatic rings. The Kier molecular flexibility index (Phi) is 5.49. The lowest BCUT2D eigenvalue weighted by molar-refractivity contribution is 0.159. The summed E-state index contributed by atoms with van der Waals surface area (Å²) < 4.78 is 26.6. The highest BCUT2D eigenvalue weighted by Gasteiger charge is 2.23. The van der Waals surface area contributed by atoms with Gasteiger partial charge in [-0.15, -0.1) is 0 Å². The van der Waals surface area contributed by atoms with Gasteiger partial charge in [0.05, 0.1) is 0 Å². The van der Waals surface area contributed by atoms with Gasteiger partial charge in [0, 0.05) is 32.2 Å². The van der Waals surface area contributed by atoms with Gasteiger partial charge in [0.2, 0.25) is 0 Å². The third-order valence-corrected chi connectivity index (χ3v) is 3.94. The SMILES string of the molecule is CC(C)CC[C@H](c1ccc(F)c(F)c1)N1CCNCC1.